The first kappa shape index (κ1) is 28.0. The largest absolute Gasteiger partial charge is 0.361 e. The van der Waals surface area contributed by atoms with Crippen LogP contribution in [0.15, 0.2) is 37.1 Å². The van der Waals surface area contributed by atoms with Crippen LogP contribution in [-0.4, -0.2) is 38.1 Å². The highest BCUT2D eigenvalue weighted by molar-refractivity contribution is 7.84. The molecule has 2 aromatic rings. The van der Waals surface area contributed by atoms with Crippen molar-refractivity contribution < 1.29 is 18.3 Å². The highest BCUT2D eigenvalue weighted by Gasteiger charge is 2.28. The van der Waals surface area contributed by atoms with E-state index in [1.807, 2.05) is 20.8 Å². The van der Waals surface area contributed by atoms with Gasteiger partial charge in [0.05, 0.1) is 38.0 Å². The van der Waals surface area contributed by atoms with E-state index >= 15 is 0 Å². The molecule has 0 amide bonds. The lowest BCUT2D eigenvalue weighted by atomic mass is 10.1. The average molecular weight is 511 g/mol. The molecule has 1 aromatic carbocycles. The number of nitro groups is 1. The van der Waals surface area contributed by atoms with Crippen molar-refractivity contribution in [2.45, 2.75) is 70.4 Å². The molecule has 0 aliphatic rings. The Bertz CT molecular complexity index is 1050. The van der Waals surface area contributed by atoms with Crippen molar-refractivity contribution in [1.29, 1.82) is 0 Å². The van der Waals surface area contributed by atoms with Gasteiger partial charge in [-0.25, -0.2) is 18.3 Å². The number of nitro benzene ring substituents is 1. The first-order valence-corrected chi connectivity index (χ1v) is 16.0. The van der Waals surface area contributed by atoms with E-state index in [9.17, 15) is 18.7 Å². The van der Waals surface area contributed by atoms with E-state index < -0.39 is 40.6 Å². The van der Waals surface area contributed by atoms with Crippen LogP contribution in [0.25, 0.3) is 11.3 Å². The average Bonchev–Trinajstić information content (AvgIpc) is 3.13. The predicted octanol–water partition coefficient (Wildman–Crippen LogP) is 5.58. The van der Waals surface area contributed by atoms with Gasteiger partial charge in [0.2, 0.25) is 0 Å². The van der Waals surface area contributed by atoms with Crippen LogP contribution >= 0.6 is 0 Å². The number of nitrogens with zero attached hydrogens (tertiary/aromatic N) is 3. The first-order valence-electron chi connectivity index (χ1n) is 11.1. The molecule has 1 N–H and O–H groups in total. The maximum atomic E-state index is 14.0. The smallest absolute Gasteiger partial charge is 0.279 e. The van der Waals surface area contributed by atoms with Gasteiger partial charge < -0.3 is 9.30 Å². The predicted molar refractivity (Wildman–Crippen MR) is 137 cm³/mol. The lowest BCUT2D eigenvalue weighted by molar-refractivity contribution is -0.384. The molecule has 0 saturated carbocycles. The third-order valence-electron chi connectivity index (χ3n) is 4.98. The Balaban J connectivity index is 2.51. The molecule has 8 nitrogen and oxygen atoms in total. The minimum Gasteiger partial charge on any atom is -0.361 e. The molecule has 1 heterocycles. The lowest BCUT2D eigenvalue weighted by Gasteiger charge is -2.24. The molecule has 0 fully saturated rings. The molecule has 0 bridgehead atoms. The Morgan fingerprint density at radius 3 is 2.62 bits per heavy atom. The van der Waals surface area contributed by atoms with Crippen LogP contribution in [0.3, 0.4) is 0 Å². The topological polar surface area (TPSA) is 99.3 Å². The van der Waals surface area contributed by atoms with E-state index in [0.29, 0.717) is 18.9 Å². The van der Waals surface area contributed by atoms with Gasteiger partial charge in [0, 0.05) is 26.9 Å². The summed E-state index contributed by atoms with van der Waals surface area (Å²) in [6.45, 7) is 16.9. The molecule has 34 heavy (non-hydrogen) atoms. The second-order valence-corrected chi connectivity index (χ2v) is 17.9. The minimum atomic E-state index is -1.40. The summed E-state index contributed by atoms with van der Waals surface area (Å²) >= 11 is 0. The van der Waals surface area contributed by atoms with Crippen molar-refractivity contribution in [1.82, 2.24) is 14.3 Å². The van der Waals surface area contributed by atoms with Crippen molar-refractivity contribution in [3.63, 3.8) is 0 Å². The summed E-state index contributed by atoms with van der Waals surface area (Å²) in [7, 11) is -2.69. The Morgan fingerprint density at radius 1 is 1.38 bits per heavy atom. The minimum absolute atomic E-state index is 0.0707. The summed E-state index contributed by atoms with van der Waals surface area (Å²) < 4.78 is 37.1. The van der Waals surface area contributed by atoms with Crippen molar-refractivity contribution >= 4 is 24.7 Å². The van der Waals surface area contributed by atoms with Crippen LogP contribution in [0.5, 0.6) is 0 Å². The maximum Gasteiger partial charge on any atom is 0.279 e. The van der Waals surface area contributed by atoms with E-state index in [0.717, 1.165) is 24.2 Å². The third-order valence-corrected chi connectivity index (χ3v) is 8.30. The summed E-state index contributed by atoms with van der Waals surface area (Å²) in [5.41, 5.74) is 0.0672. The van der Waals surface area contributed by atoms with Gasteiger partial charge in [0.1, 0.15) is 18.4 Å². The van der Waals surface area contributed by atoms with Gasteiger partial charge in [-0.2, -0.15) is 0 Å². The summed E-state index contributed by atoms with van der Waals surface area (Å²) in [6.07, 6.45) is 3.72. The van der Waals surface area contributed by atoms with Crippen molar-refractivity contribution in [3.05, 3.63) is 58.8 Å². The third kappa shape index (κ3) is 7.93. The van der Waals surface area contributed by atoms with E-state index in [-0.39, 0.29) is 23.7 Å². The number of benzene rings is 1. The van der Waals surface area contributed by atoms with Crippen molar-refractivity contribution in [2.24, 2.45) is 0 Å². The SMILES string of the molecule is C=CC[C@H](NS(=O)C(C)(C)C)c1nc(-c2cc(F)ccc2[N+](=O)[O-])cn1COCC[Si](C)(C)C. The number of nitrogens with one attached hydrogen (secondary N) is 1. The van der Waals surface area contributed by atoms with E-state index in [1.165, 1.54) is 0 Å². The quantitative estimate of drug-likeness (QED) is 0.132. The van der Waals surface area contributed by atoms with Gasteiger partial charge in [-0.3, -0.25) is 10.1 Å². The van der Waals surface area contributed by atoms with E-state index in [4.69, 9.17) is 4.74 Å². The molecule has 0 aliphatic heterocycles. The molecular weight excluding hydrogens is 475 g/mol. The Kier molecular flexibility index (Phi) is 9.46. The highest BCUT2D eigenvalue weighted by atomic mass is 32.2. The van der Waals surface area contributed by atoms with Crippen molar-refractivity contribution in [2.75, 3.05) is 6.61 Å². The molecular formula is C23H35FN4O4SSi. The van der Waals surface area contributed by atoms with Crippen LogP contribution in [0, 0.1) is 15.9 Å². The molecule has 2 rings (SSSR count). The van der Waals surface area contributed by atoms with E-state index in [1.54, 1.807) is 16.8 Å². The summed E-state index contributed by atoms with van der Waals surface area (Å²) in [4.78, 5) is 15.6. The zero-order chi connectivity index (χ0) is 25.7. The number of ether oxygens (including phenoxy) is 1. The molecule has 188 valence electrons. The number of halogens is 1. The molecule has 1 aromatic heterocycles. The molecule has 0 spiro atoms. The number of aromatic nitrogens is 2. The zero-order valence-corrected chi connectivity index (χ0v) is 22.6. The Morgan fingerprint density at radius 2 is 2.06 bits per heavy atom. The molecule has 0 aliphatic carbocycles. The summed E-state index contributed by atoms with van der Waals surface area (Å²) in [6, 6.07) is 3.76. The monoisotopic (exact) mass is 510 g/mol. The van der Waals surface area contributed by atoms with Crippen LogP contribution in [0.4, 0.5) is 10.1 Å². The zero-order valence-electron chi connectivity index (χ0n) is 20.8. The van der Waals surface area contributed by atoms with Crippen LogP contribution < -0.4 is 4.72 Å². The van der Waals surface area contributed by atoms with Gasteiger partial charge in [-0.05, 0) is 45.4 Å². The van der Waals surface area contributed by atoms with Crippen LogP contribution in [0.1, 0.15) is 39.1 Å². The fourth-order valence-electron chi connectivity index (χ4n) is 3.03. The Hall–Kier alpha value is -2.21. The molecule has 2 atom stereocenters. The van der Waals surface area contributed by atoms with Gasteiger partial charge in [-0.15, -0.1) is 6.58 Å². The fraction of sp³-hybridized carbons (Fsp3) is 0.522. The second kappa shape index (κ2) is 11.5. The van der Waals surface area contributed by atoms with Crippen LogP contribution in [0.2, 0.25) is 25.7 Å². The molecule has 1 unspecified atom stereocenters. The molecule has 0 saturated heterocycles. The number of hydrogen-bond acceptors (Lipinski definition) is 5. The van der Waals surface area contributed by atoms with Gasteiger partial charge in [0.25, 0.3) is 5.69 Å². The highest BCUT2D eigenvalue weighted by Crippen LogP contribution is 2.32. The van der Waals surface area contributed by atoms with Crippen LogP contribution in [-0.2, 0) is 22.5 Å². The Labute approximate surface area is 204 Å². The normalized spacial score (nSPS) is 14.1. The van der Waals surface area contributed by atoms with E-state index in [2.05, 4.69) is 35.9 Å². The lowest BCUT2D eigenvalue weighted by Crippen LogP contribution is -2.36. The summed E-state index contributed by atoms with van der Waals surface area (Å²) in [5, 5.41) is 11.6. The summed E-state index contributed by atoms with van der Waals surface area (Å²) in [5.74, 6) is -0.114. The number of hydrogen-bond donors (Lipinski definition) is 1. The standard InChI is InChI=1S/C23H35FN4O4SSi/c1-8-9-19(26-33(31)23(2,3)4)22-25-20(15-27(22)16-32-12-13-34(5,6)7)18-14-17(24)10-11-21(18)28(29)30/h8,10-11,14-15,19,26H,1,9,12-13,16H2,2-7H3/t19-,33?/m0/s1. The van der Waals surface area contributed by atoms with Gasteiger partial charge >= 0.3 is 0 Å². The molecule has 0 radical (unpaired) electrons. The number of imidazole rings is 1. The maximum absolute atomic E-state index is 14.0. The fourth-order valence-corrected chi connectivity index (χ4v) is 4.60. The van der Waals surface area contributed by atoms with Gasteiger partial charge in [0.15, 0.2) is 0 Å². The first-order chi connectivity index (χ1) is 15.7. The number of rotatable bonds is 12. The van der Waals surface area contributed by atoms with Gasteiger partial charge in [-0.1, -0.05) is 25.7 Å². The van der Waals surface area contributed by atoms with Crippen molar-refractivity contribution in [3.8, 4) is 11.3 Å². The molecule has 11 heteroatoms. The second-order valence-electron chi connectivity index (χ2n) is 10.3.